The van der Waals surface area contributed by atoms with Gasteiger partial charge in [-0.2, -0.15) is 4.72 Å². The van der Waals surface area contributed by atoms with Crippen LogP contribution in [-0.2, 0) is 31.0 Å². The fourth-order valence-electron chi connectivity index (χ4n) is 6.07. The van der Waals surface area contributed by atoms with Crippen LogP contribution in [0.25, 0.3) is 10.8 Å². The molecule has 1 unspecified atom stereocenters. The lowest BCUT2D eigenvalue weighted by Gasteiger charge is -2.32. The number of hydrogen-bond donors (Lipinski definition) is 3. The number of piperidine rings is 1. The number of benzene rings is 3. The van der Waals surface area contributed by atoms with Crippen LogP contribution in [0.5, 0.6) is 0 Å². The first kappa shape index (κ1) is 32.4. The zero-order valence-corrected chi connectivity index (χ0v) is 26.0. The van der Waals surface area contributed by atoms with E-state index in [1.807, 2.05) is 48.5 Å². The van der Waals surface area contributed by atoms with Crippen molar-refractivity contribution >= 4 is 38.7 Å². The number of nitrogens with one attached hydrogen (secondary N) is 2. The van der Waals surface area contributed by atoms with Gasteiger partial charge in [0.1, 0.15) is 12.6 Å². The number of aliphatic hydroxyl groups is 1. The maximum atomic E-state index is 13.4. The second-order valence-electron chi connectivity index (χ2n) is 11.7. The highest BCUT2D eigenvalue weighted by Gasteiger charge is 2.35. The Balaban J connectivity index is 1.11. The summed E-state index contributed by atoms with van der Waals surface area (Å²) in [5.41, 5.74) is 0.908. The number of sulfonamides is 1. The van der Waals surface area contributed by atoms with Gasteiger partial charge in [-0.15, -0.1) is 0 Å². The Morgan fingerprint density at radius 3 is 2.44 bits per heavy atom. The lowest BCUT2D eigenvalue weighted by atomic mass is 9.94. The van der Waals surface area contributed by atoms with Crippen molar-refractivity contribution in [2.45, 2.75) is 55.7 Å². The molecule has 240 valence electrons. The summed E-state index contributed by atoms with van der Waals surface area (Å²) in [7, 11) is -4.09. The van der Waals surface area contributed by atoms with Crippen LogP contribution in [0, 0.1) is 5.92 Å². The first-order chi connectivity index (χ1) is 21.7. The van der Waals surface area contributed by atoms with Crippen molar-refractivity contribution in [3.8, 4) is 0 Å². The van der Waals surface area contributed by atoms with Gasteiger partial charge < -0.3 is 25.0 Å². The molecular formula is C33H40N4O7S. The van der Waals surface area contributed by atoms with Crippen molar-refractivity contribution in [2.24, 2.45) is 5.92 Å². The van der Waals surface area contributed by atoms with Crippen LogP contribution in [0.3, 0.4) is 0 Å². The number of amides is 3. The van der Waals surface area contributed by atoms with Gasteiger partial charge in [-0.3, -0.25) is 9.59 Å². The molecule has 2 fully saturated rings. The second-order valence-corrected chi connectivity index (χ2v) is 13.4. The Labute approximate surface area is 263 Å². The van der Waals surface area contributed by atoms with Gasteiger partial charge in [0, 0.05) is 38.6 Å². The van der Waals surface area contributed by atoms with Crippen LogP contribution in [0.15, 0.2) is 77.7 Å². The average molecular weight is 637 g/mol. The number of carbonyl (C=O) groups excluding carboxylic acids is 3. The van der Waals surface area contributed by atoms with E-state index in [2.05, 4.69) is 10.0 Å². The van der Waals surface area contributed by atoms with Crippen LogP contribution in [0.1, 0.15) is 37.7 Å². The maximum Gasteiger partial charge on any atom is 0.410 e. The molecule has 3 atom stereocenters. The number of rotatable bonds is 11. The van der Waals surface area contributed by atoms with E-state index in [1.165, 1.54) is 17.0 Å². The van der Waals surface area contributed by atoms with Crippen molar-refractivity contribution < 1.29 is 32.6 Å². The monoisotopic (exact) mass is 636 g/mol. The number of likely N-dealkylation sites (tertiary alicyclic amines) is 2. The molecule has 0 spiro atoms. The van der Waals surface area contributed by atoms with E-state index in [9.17, 15) is 27.9 Å². The topological polar surface area (TPSA) is 145 Å². The smallest absolute Gasteiger partial charge is 0.410 e. The predicted molar refractivity (Wildman–Crippen MR) is 168 cm³/mol. The van der Waals surface area contributed by atoms with E-state index < -0.39 is 34.7 Å². The molecule has 12 heteroatoms. The molecule has 0 saturated carbocycles. The first-order valence-electron chi connectivity index (χ1n) is 15.4. The van der Waals surface area contributed by atoms with Crippen molar-refractivity contribution in [3.63, 3.8) is 0 Å². The van der Waals surface area contributed by atoms with E-state index in [0.29, 0.717) is 32.5 Å². The molecule has 5 rings (SSSR count). The number of ether oxygens (including phenoxy) is 1. The van der Waals surface area contributed by atoms with Gasteiger partial charge in [0.2, 0.25) is 21.8 Å². The molecule has 3 N–H and O–H groups in total. The Morgan fingerprint density at radius 1 is 0.933 bits per heavy atom. The largest absolute Gasteiger partial charge is 0.445 e. The van der Waals surface area contributed by atoms with Crippen LogP contribution < -0.4 is 10.0 Å². The van der Waals surface area contributed by atoms with Crippen molar-refractivity contribution in [3.05, 3.63) is 78.4 Å². The number of carbonyl (C=O) groups is 3. The lowest BCUT2D eigenvalue weighted by Crippen LogP contribution is -2.53. The van der Waals surface area contributed by atoms with E-state index >= 15 is 0 Å². The number of hydrogen-bond acceptors (Lipinski definition) is 7. The summed E-state index contributed by atoms with van der Waals surface area (Å²) in [6.45, 7) is 1.13. The summed E-state index contributed by atoms with van der Waals surface area (Å²) < 4.78 is 34.1. The molecule has 11 nitrogen and oxygen atoms in total. The zero-order chi connectivity index (χ0) is 31.8. The molecule has 2 heterocycles. The van der Waals surface area contributed by atoms with E-state index in [-0.39, 0.29) is 42.3 Å². The number of aliphatic hydroxyl groups excluding tert-OH is 1. The Morgan fingerprint density at radius 2 is 1.67 bits per heavy atom. The van der Waals surface area contributed by atoms with E-state index in [0.717, 1.165) is 29.2 Å². The van der Waals surface area contributed by atoms with E-state index in [1.54, 1.807) is 17.0 Å². The minimum Gasteiger partial charge on any atom is -0.445 e. The maximum absolute atomic E-state index is 13.4. The molecule has 3 aromatic carbocycles. The molecule has 2 aliphatic rings. The van der Waals surface area contributed by atoms with Crippen LogP contribution in [0.4, 0.5) is 4.79 Å². The molecule has 3 aromatic rings. The highest BCUT2D eigenvalue weighted by molar-refractivity contribution is 7.89. The highest BCUT2D eigenvalue weighted by Crippen LogP contribution is 2.23. The van der Waals surface area contributed by atoms with E-state index in [4.69, 9.17) is 4.74 Å². The van der Waals surface area contributed by atoms with Crippen molar-refractivity contribution in [1.82, 2.24) is 19.8 Å². The summed E-state index contributed by atoms with van der Waals surface area (Å²) in [6, 6.07) is 19.8. The van der Waals surface area contributed by atoms with Gasteiger partial charge in [-0.05, 0) is 60.1 Å². The average Bonchev–Trinajstić information content (AvgIpc) is 3.54. The third kappa shape index (κ3) is 8.38. The minimum atomic E-state index is -4.09. The van der Waals surface area contributed by atoms with Gasteiger partial charge in [-0.25, -0.2) is 13.2 Å². The standard InChI is InChI=1S/C33H40N4O7S/c38-22-30(35-45(42,43)29-15-14-26-11-4-5-12-27(26)19-29)32(40)37-17-7-13-28(37)20-34-31(39)18-25-10-6-16-36(21-25)33(41)44-23-24-8-2-1-3-9-24/h1-5,8-9,11-12,14-15,19,25,28,30,35,38H,6-7,10,13,16-18,20-23H2,(H,34,39)/t25-,28-,30?/m0/s1. The molecular weight excluding hydrogens is 596 g/mol. The number of fused-ring (bicyclic) bond motifs is 1. The summed E-state index contributed by atoms with van der Waals surface area (Å²) in [4.78, 5) is 42.1. The normalized spacial score (nSPS) is 19.3. The van der Waals surface area contributed by atoms with Crippen LogP contribution >= 0.6 is 0 Å². The molecule has 0 radical (unpaired) electrons. The molecule has 0 aliphatic carbocycles. The van der Waals surface area contributed by atoms with Gasteiger partial charge in [0.15, 0.2) is 0 Å². The third-order valence-electron chi connectivity index (χ3n) is 8.46. The summed E-state index contributed by atoms with van der Waals surface area (Å²) in [6.07, 6.45) is 2.80. The summed E-state index contributed by atoms with van der Waals surface area (Å²) >= 11 is 0. The van der Waals surface area contributed by atoms with Crippen LogP contribution in [0.2, 0.25) is 0 Å². The zero-order valence-electron chi connectivity index (χ0n) is 25.1. The van der Waals surface area contributed by atoms with Crippen LogP contribution in [-0.4, -0.2) is 86.1 Å². The Kier molecular flexibility index (Phi) is 10.7. The summed E-state index contributed by atoms with van der Waals surface area (Å²) in [5.74, 6) is -0.710. The second kappa shape index (κ2) is 14.9. The first-order valence-corrected chi connectivity index (χ1v) is 16.9. The van der Waals surface area contributed by atoms with Gasteiger partial charge in [0.05, 0.1) is 11.5 Å². The molecule has 45 heavy (non-hydrogen) atoms. The molecule has 3 amide bonds. The third-order valence-corrected chi connectivity index (χ3v) is 9.93. The van der Waals surface area contributed by atoms with Crippen molar-refractivity contribution in [1.29, 1.82) is 0 Å². The predicted octanol–water partition coefficient (Wildman–Crippen LogP) is 3.03. The molecule has 2 aliphatic heterocycles. The Hall–Kier alpha value is -4.00. The Bertz CT molecular complexity index is 1600. The van der Waals surface area contributed by atoms with Crippen molar-refractivity contribution in [2.75, 3.05) is 32.8 Å². The fourth-order valence-corrected chi connectivity index (χ4v) is 7.28. The number of nitrogens with zero attached hydrogens (tertiary/aromatic N) is 2. The van der Waals surface area contributed by atoms with Gasteiger partial charge in [0.25, 0.3) is 0 Å². The fraction of sp³-hybridized carbons (Fsp3) is 0.424. The molecule has 2 saturated heterocycles. The molecule has 0 bridgehead atoms. The SMILES string of the molecule is O=C(C[C@@H]1CCCN(C(=O)OCc2ccccc2)C1)NC[C@@H]1CCCN1C(=O)C(CO)NS(=O)(=O)c1ccc2ccccc2c1. The highest BCUT2D eigenvalue weighted by atomic mass is 32.2. The van der Waals surface area contributed by atoms with Gasteiger partial charge in [-0.1, -0.05) is 60.7 Å². The lowest BCUT2D eigenvalue weighted by molar-refractivity contribution is -0.135. The summed E-state index contributed by atoms with van der Waals surface area (Å²) in [5, 5.41) is 14.6. The van der Waals surface area contributed by atoms with Gasteiger partial charge >= 0.3 is 6.09 Å². The quantitative estimate of drug-likeness (QED) is 0.293. The minimum absolute atomic E-state index is 0.00317. The molecule has 0 aromatic heterocycles.